The van der Waals surface area contributed by atoms with Gasteiger partial charge in [0.05, 0.1) is 12.1 Å². The van der Waals surface area contributed by atoms with E-state index >= 15 is 0 Å². The zero-order chi connectivity index (χ0) is 13.1. The largest absolute Gasteiger partial charge is 0.480 e. The van der Waals surface area contributed by atoms with Crippen molar-refractivity contribution < 1.29 is 19.8 Å². The summed E-state index contributed by atoms with van der Waals surface area (Å²) in [5, 5.41) is 21.1. The monoisotopic (exact) mass is 244 g/mol. The maximum Gasteiger partial charge on any atom is 0.325 e. The van der Waals surface area contributed by atoms with Crippen LogP contribution >= 0.6 is 0 Å². The number of likely N-dealkylation sites (N-methyl/N-ethyl adjacent to an activating group) is 1. The average Bonchev–Trinajstić information content (AvgIpc) is 2.64. The van der Waals surface area contributed by atoms with E-state index < -0.39 is 23.6 Å². The van der Waals surface area contributed by atoms with E-state index in [0.717, 1.165) is 12.8 Å². The van der Waals surface area contributed by atoms with Crippen LogP contribution in [-0.2, 0) is 4.79 Å². The predicted octanol–water partition coefficient (Wildman–Crippen LogP) is 0.406. The molecule has 1 aliphatic rings. The number of nitrogens with one attached hydrogen (secondary N) is 1. The van der Waals surface area contributed by atoms with E-state index in [1.807, 2.05) is 0 Å². The lowest BCUT2D eigenvalue weighted by Gasteiger charge is -2.29. The molecule has 0 spiro atoms. The van der Waals surface area contributed by atoms with Gasteiger partial charge < -0.3 is 20.4 Å². The maximum absolute atomic E-state index is 11.6. The highest BCUT2D eigenvalue weighted by Gasteiger charge is 2.33. The third-order valence-corrected chi connectivity index (χ3v) is 3.12. The Morgan fingerprint density at radius 3 is 2.41 bits per heavy atom. The summed E-state index contributed by atoms with van der Waals surface area (Å²) in [6, 6.07) is -1.40. The van der Waals surface area contributed by atoms with Crippen LogP contribution in [0.1, 0.15) is 32.6 Å². The molecule has 3 N–H and O–H groups in total. The molecule has 0 bridgehead atoms. The summed E-state index contributed by atoms with van der Waals surface area (Å²) in [5.74, 6) is -1.08. The Morgan fingerprint density at radius 2 is 1.94 bits per heavy atom. The lowest BCUT2D eigenvalue weighted by molar-refractivity contribution is -0.138. The highest BCUT2D eigenvalue weighted by Crippen LogP contribution is 2.29. The summed E-state index contributed by atoms with van der Waals surface area (Å²) in [5.41, 5.74) is -0.807. The standard InChI is InChI=1S/C11H20N2O4/c1-8(9(14)15)12-10(16)13(2)7-11(17)5-3-4-6-11/h8,17H,3-7H2,1-2H3,(H,12,16)(H,14,15)/t8-/m0/s1. The predicted molar refractivity (Wildman–Crippen MR) is 61.7 cm³/mol. The summed E-state index contributed by atoms with van der Waals surface area (Å²) in [7, 11) is 1.56. The minimum Gasteiger partial charge on any atom is -0.480 e. The number of carboxylic acid groups (broad SMARTS) is 1. The zero-order valence-corrected chi connectivity index (χ0v) is 10.3. The van der Waals surface area contributed by atoms with E-state index in [9.17, 15) is 14.7 Å². The number of carbonyl (C=O) groups is 2. The molecule has 0 unspecified atom stereocenters. The molecule has 17 heavy (non-hydrogen) atoms. The summed E-state index contributed by atoms with van der Waals surface area (Å²) < 4.78 is 0. The number of aliphatic carboxylic acids is 1. The van der Waals surface area contributed by atoms with Gasteiger partial charge in [-0.1, -0.05) is 12.8 Å². The molecule has 0 aromatic carbocycles. The molecular weight excluding hydrogens is 224 g/mol. The zero-order valence-electron chi connectivity index (χ0n) is 10.3. The number of carboxylic acids is 1. The molecule has 0 aromatic heterocycles. The highest BCUT2D eigenvalue weighted by molar-refractivity contribution is 5.82. The van der Waals surface area contributed by atoms with Crippen molar-refractivity contribution in [1.82, 2.24) is 10.2 Å². The molecule has 1 atom stereocenters. The van der Waals surface area contributed by atoms with Crippen LogP contribution in [0.4, 0.5) is 4.79 Å². The fraction of sp³-hybridized carbons (Fsp3) is 0.818. The van der Waals surface area contributed by atoms with Crippen LogP contribution in [0.25, 0.3) is 0 Å². The first kappa shape index (κ1) is 13.8. The van der Waals surface area contributed by atoms with Crippen LogP contribution in [0.15, 0.2) is 0 Å². The number of carbonyl (C=O) groups excluding carboxylic acids is 1. The molecule has 1 saturated carbocycles. The summed E-state index contributed by atoms with van der Waals surface area (Å²) in [6.07, 6.45) is 3.33. The van der Waals surface area contributed by atoms with Gasteiger partial charge in [-0.2, -0.15) is 0 Å². The van der Waals surface area contributed by atoms with Crippen LogP contribution in [0.5, 0.6) is 0 Å². The molecule has 0 saturated heterocycles. The number of hydrogen-bond acceptors (Lipinski definition) is 3. The van der Waals surface area contributed by atoms with Crippen molar-refractivity contribution in [3.8, 4) is 0 Å². The molecule has 0 radical (unpaired) electrons. The number of rotatable bonds is 4. The van der Waals surface area contributed by atoms with Gasteiger partial charge >= 0.3 is 12.0 Å². The van der Waals surface area contributed by atoms with Crippen molar-refractivity contribution >= 4 is 12.0 Å². The topological polar surface area (TPSA) is 89.9 Å². The van der Waals surface area contributed by atoms with E-state index in [2.05, 4.69) is 5.32 Å². The van der Waals surface area contributed by atoms with Gasteiger partial charge in [0.2, 0.25) is 0 Å². The quantitative estimate of drug-likeness (QED) is 0.668. The van der Waals surface area contributed by atoms with Gasteiger partial charge in [0, 0.05) is 7.05 Å². The fourth-order valence-corrected chi connectivity index (χ4v) is 2.06. The number of amides is 2. The summed E-state index contributed by atoms with van der Waals surface area (Å²) in [6.45, 7) is 1.64. The van der Waals surface area contributed by atoms with Crippen molar-refractivity contribution in [1.29, 1.82) is 0 Å². The summed E-state index contributed by atoms with van der Waals surface area (Å²) >= 11 is 0. The first-order chi connectivity index (χ1) is 7.84. The van der Waals surface area contributed by atoms with Crippen LogP contribution < -0.4 is 5.32 Å². The second-order valence-corrected chi connectivity index (χ2v) is 4.80. The van der Waals surface area contributed by atoms with Gasteiger partial charge in [-0.3, -0.25) is 4.79 Å². The fourth-order valence-electron chi connectivity index (χ4n) is 2.06. The van der Waals surface area contributed by atoms with Gasteiger partial charge in [0.1, 0.15) is 6.04 Å². The molecule has 0 aliphatic heterocycles. The van der Waals surface area contributed by atoms with Gasteiger partial charge in [-0.05, 0) is 19.8 Å². The minimum atomic E-state index is -1.08. The van der Waals surface area contributed by atoms with Gasteiger partial charge in [-0.15, -0.1) is 0 Å². The molecule has 6 heteroatoms. The van der Waals surface area contributed by atoms with E-state index in [4.69, 9.17) is 5.11 Å². The minimum absolute atomic E-state index is 0.241. The third kappa shape index (κ3) is 3.89. The maximum atomic E-state index is 11.6. The van der Waals surface area contributed by atoms with Crippen molar-refractivity contribution in [2.24, 2.45) is 0 Å². The van der Waals surface area contributed by atoms with Gasteiger partial charge in [0.15, 0.2) is 0 Å². The Balaban J connectivity index is 2.44. The molecular formula is C11H20N2O4. The molecule has 0 heterocycles. The van der Waals surface area contributed by atoms with E-state index in [1.54, 1.807) is 7.05 Å². The Kier molecular flexibility index (Phi) is 4.34. The number of urea groups is 1. The Hall–Kier alpha value is -1.30. The Bertz CT molecular complexity index is 300. The lowest BCUT2D eigenvalue weighted by atomic mass is 10.0. The Labute approximate surface area is 101 Å². The van der Waals surface area contributed by atoms with Crippen molar-refractivity contribution in [2.75, 3.05) is 13.6 Å². The van der Waals surface area contributed by atoms with E-state index in [-0.39, 0.29) is 6.54 Å². The summed E-state index contributed by atoms with van der Waals surface area (Å²) in [4.78, 5) is 23.5. The third-order valence-electron chi connectivity index (χ3n) is 3.12. The lowest BCUT2D eigenvalue weighted by Crippen LogP contribution is -2.49. The second-order valence-electron chi connectivity index (χ2n) is 4.80. The molecule has 1 fully saturated rings. The smallest absolute Gasteiger partial charge is 0.325 e. The first-order valence-corrected chi connectivity index (χ1v) is 5.81. The van der Waals surface area contributed by atoms with Crippen molar-refractivity contribution in [3.05, 3.63) is 0 Å². The molecule has 0 aromatic rings. The van der Waals surface area contributed by atoms with E-state index in [0.29, 0.717) is 12.8 Å². The van der Waals surface area contributed by atoms with Crippen LogP contribution in [0.3, 0.4) is 0 Å². The molecule has 1 rings (SSSR count). The van der Waals surface area contributed by atoms with Gasteiger partial charge in [0.25, 0.3) is 0 Å². The van der Waals surface area contributed by atoms with Crippen LogP contribution in [-0.4, -0.2) is 52.3 Å². The van der Waals surface area contributed by atoms with Gasteiger partial charge in [-0.25, -0.2) is 4.79 Å². The SMILES string of the molecule is C[C@H](NC(=O)N(C)CC1(O)CCCC1)C(=O)O. The first-order valence-electron chi connectivity index (χ1n) is 5.81. The van der Waals surface area contributed by atoms with Crippen molar-refractivity contribution in [2.45, 2.75) is 44.2 Å². The number of nitrogens with zero attached hydrogens (tertiary/aromatic N) is 1. The number of aliphatic hydroxyl groups is 1. The number of hydrogen-bond donors (Lipinski definition) is 3. The molecule has 6 nitrogen and oxygen atoms in total. The molecule has 1 aliphatic carbocycles. The second kappa shape index (κ2) is 5.35. The highest BCUT2D eigenvalue weighted by atomic mass is 16.4. The van der Waals surface area contributed by atoms with Crippen molar-refractivity contribution in [3.63, 3.8) is 0 Å². The van der Waals surface area contributed by atoms with E-state index in [1.165, 1.54) is 11.8 Å². The molecule has 2 amide bonds. The normalized spacial score (nSPS) is 19.7. The average molecular weight is 244 g/mol. The molecule has 98 valence electrons. The van der Waals surface area contributed by atoms with Crippen LogP contribution in [0.2, 0.25) is 0 Å². The van der Waals surface area contributed by atoms with Crippen LogP contribution in [0, 0.1) is 0 Å². The Morgan fingerprint density at radius 1 is 1.41 bits per heavy atom.